The first-order valence-electron chi connectivity index (χ1n) is 9.21. The van der Waals surface area contributed by atoms with Crippen LogP contribution in [-0.4, -0.2) is 61.7 Å². The van der Waals surface area contributed by atoms with E-state index in [2.05, 4.69) is 21.3 Å². The van der Waals surface area contributed by atoms with Crippen LogP contribution < -0.4 is 10.2 Å². The van der Waals surface area contributed by atoms with Gasteiger partial charge < -0.3 is 15.0 Å². The monoisotopic (exact) mass is 352 g/mol. The van der Waals surface area contributed by atoms with E-state index >= 15 is 0 Å². The van der Waals surface area contributed by atoms with Crippen molar-refractivity contribution in [1.82, 2.24) is 9.88 Å². The summed E-state index contributed by atoms with van der Waals surface area (Å²) in [5, 5.41) is 3.33. The van der Waals surface area contributed by atoms with Crippen LogP contribution in [0.1, 0.15) is 15.9 Å². The Hall–Kier alpha value is -2.44. The first-order chi connectivity index (χ1) is 12.8. The number of anilines is 2. The molecule has 2 aliphatic heterocycles. The van der Waals surface area contributed by atoms with E-state index in [1.165, 1.54) is 5.56 Å². The van der Waals surface area contributed by atoms with E-state index in [9.17, 15) is 4.79 Å². The fourth-order valence-electron chi connectivity index (χ4n) is 3.53. The normalized spacial score (nSPS) is 17.2. The van der Waals surface area contributed by atoms with Crippen LogP contribution in [0.3, 0.4) is 0 Å². The average molecular weight is 352 g/mol. The summed E-state index contributed by atoms with van der Waals surface area (Å²) in [6, 6.07) is 11.8. The molecule has 1 N–H and O–H groups in total. The number of nitrogens with zero attached hydrogens (tertiary/aromatic N) is 3. The molecule has 1 aromatic heterocycles. The number of para-hydroxylation sites is 1. The molecule has 0 aliphatic carbocycles. The molecule has 0 unspecified atom stereocenters. The maximum atomic E-state index is 12.9. The minimum Gasteiger partial charge on any atom is -0.379 e. The van der Waals surface area contributed by atoms with Gasteiger partial charge in [0.15, 0.2) is 0 Å². The average Bonchev–Trinajstić information content (AvgIpc) is 3.13. The van der Waals surface area contributed by atoms with Crippen LogP contribution >= 0.6 is 0 Å². The predicted octanol–water partition coefficient (Wildman–Crippen LogP) is 2.03. The highest BCUT2D eigenvalue weighted by atomic mass is 16.5. The molecule has 6 nitrogen and oxygen atoms in total. The Morgan fingerprint density at radius 2 is 2.00 bits per heavy atom. The summed E-state index contributed by atoms with van der Waals surface area (Å²) in [6.07, 6.45) is 2.62. The standard InChI is InChI=1S/C20H24N4O2/c25-20(24-9-6-16-3-1-2-4-18(16)24)17-5-7-21-19(15-17)22-8-10-23-11-13-26-14-12-23/h1-5,7,15H,6,8-14H2,(H,21,22). The molecule has 1 amide bonds. The van der Waals surface area contributed by atoms with Crippen LogP contribution in [0.4, 0.5) is 11.5 Å². The maximum absolute atomic E-state index is 12.9. The van der Waals surface area contributed by atoms with Crippen molar-refractivity contribution in [2.45, 2.75) is 6.42 Å². The third kappa shape index (κ3) is 3.71. The van der Waals surface area contributed by atoms with Crippen molar-refractivity contribution in [3.05, 3.63) is 53.7 Å². The van der Waals surface area contributed by atoms with Gasteiger partial charge in [-0.3, -0.25) is 9.69 Å². The Morgan fingerprint density at radius 1 is 1.15 bits per heavy atom. The molecule has 4 rings (SSSR count). The number of hydrogen-bond donors (Lipinski definition) is 1. The van der Waals surface area contributed by atoms with Crippen LogP contribution in [-0.2, 0) is 11.2 Å². The molecule has 6 heteroatoms. The van der Waals surface area contributed by atoms with Crippen LogP contribution in [0.15, 0.2) is 42.6 Å². The number of hydrogen-bond acceptors (Lipinski definition) is 5. The molecule has 1 aromatic carbocycles. The molecule has 26 heavy (non-hydrogen) atoms. The lowest BCUT2D eigenvalue weighted by atomic mass is 10.2. The van der Waals surface area contributed by atoms with Gasteiger partial charge in [0.1, 0.15) is 5.82 Å². The summed E-state index contributed by atoms with van der Waals surface area (Å²) < 4.78 is 5.36. The summed E-state index contributed by atoms with van der Waals surface area (Å²) in [4.78, 5) is 21.5. The van der Waals surface area contributed by atoms with Crippen molar-refractivity contribution in [2.24, 2.45) is 0 Å². The number of nitrogens with one attached hydrogen (secondary N) is 1. The highest BCUT2D eigenvalue weighted by Gasteiger charge is 2.25. The third-order valence-electron chi connectivity index (χ3n) is 4.98. The SMILES string of the molecule is O=C(c1ccnc(NCCN2CCOCC2)c1)N1CCc2ccccc21. The Kier molecular flexibility index (Phi) is 5.13. The van der Waals surface area contributed by atoms with Gasteiger partial charge in [0.25, 0.3) is 5.91 Å². The van der Waals surface area contributed by atoms with Gasteiger partial charge in [0.2, 0.25) is 0 Å². The summed E-state index contributed by atoms with van der Waals surface area (Å²) in [5.41, 5.74) is 2.93. The van der Waals surface area contributed by atoms with Gasteiger partial charge in [-0.05, 0) is 30.2 Å². The zero-order valence-electron chi connectivity index (χ0n) is 14.9. The van der Waals surface area contributed by atoms with Crippen molar-refractivity contribution in [2.75, 3.05) is 56.2 Å². The van der Waals surface area contributed by atoms with E-state index in [0.29, 0.717) is 5.56 Å². The molecule has 0 spiro atoms. The Labute approximate surface area is 153 Å². The second kappa shape index (κ2) is 7.85. The number of pyridine rings is 1. The maximum Gasteiger partial charge on any atom is 0.258 e. The van der Waals surface area contributed by atoms with Gasteiger partial charge in [0, 0.05) is 50.2 Å². The number of amides is 1. The Morgan fingerprint density at radius 3 is 2.88 bits per heavy atom. The van der Waals surface area contributed by atoms with Gasteiger partial charge in [-0.25, -0.2) is 4.98 Å². The summed E-state index contributed by atoms with van der Waals surface area (Å²) in [5.74, 6) is 0.783. The van der Waals surface area contributed by atoms with Gasteiger partial charge in [-0.2, -0.15) is 0 Å². The molecular formula is C20H24N4O2. The highest BCUT2D eigenvalue weighted by molar-refractivity contribution is 6.07. The first kappa shape index (κ1) is 17.0. The molecule has 0 atom stereocenters. The van der Waals surface area contributed by atoms with Crippen molar-refractivity contribution < 1.29 is 9.53 Å². The van der Waals surface area contributed by atoms with E-state index in [-0.39, 0.29) is 5.91 Å². The minimum absolute atomic E-state index is 0.0357. The van der Waals surface area contributed by atoms with E-state index in [1.807, 2.05) is 29.2 Å². The fraction of sp³-hybridized carbons (Fsp3) is 0.400. The zero-order chi connectivity index (χ0) is 17.8. The topological polar surface area (TPSA) is 57.7 Å². The lowest BCUT2D eigenvalue weighted by Crippen LogP contribution is -2.39. The predicted molar refractivity (Wildman–Crippen MR) is 102 cm³/mol. The van der Waals surface area contributed by atoms with Gasteiger partial charge in [-0.15, -0.1) is 0 Å². The summed E-state index contributed by atoms with van der Waals surface area (Å²) >= 11 is 0. The molecule has 1 fully saturated rings. The van der Waals surface area contributed by atoms with Crippen molar-refractivity contribution in [1.29, 1.82) is 0 Å². The van der Waals surface area contributed by atoms with Crippen LogP contribution in [0.25, 0.3) is 0 Å². The van der Waals surface area contributed by atoms with Crippen LogP contribution in [0.2, 0.25) is 0 Å². The van der Waals surface area contributed by atoms with Crippen molar-refractivity contribution in [3.63, 3.8) is 0 Å². The summed E-state index contributed by atoms with van der Waals surface area (Å²) in [7, 11) is 0. The number of carbonyl (C=O) groups excluding carboxylic acids is 1. The third-order valence-corrected chi connectivity index (χ3v) is 4.98. The van der Waals surface area contributed by atoms with E-state index in [1.54, 1.807) is 12.3 Å². The van der Waals surface area contributed by atoms with Crippen molar-refractivity contribution in [3.8, 4) is 0 Å². The first-order valence-corrected chi connectivity index (χ1v) is 9.21. The van der Waals surface area contributed by atoms with Gasteiger partial charge >= 0.3 is 0 Å². The van der Waals surface area contributed by atoms with E-state index < -0.39 is 0 Å². The molecule has 3 heterocycles. The molecule has 2 aromatic rings. The van der Waals surface area contributed by atoms with Gasteiger partial charge in [0.05, 0.1) is 13.2 Å². The van der Waals surface area contributed by atoms with Crippen LogP contribution in [0, 0.1) is 0 Å². The molecule has 0 bridgehead atoms. The number of rotatable bonds is 5. The Balaban J connectivity index is 1.38. The second-order valence-electron chi connectivity index (χ2n) is 6.65. The summed E-state index contributed by atoms with van der Waals surface area (Å²) in [6.45, 7) is 6.04. The fourth-order valence-corrected chi connectivity index (χ4v) is 3.53. The lowest BCUT2D eigenvalue weighted by molar-refractivity contribution is 0.0398. The molecule has 136 valence electrons. The molecule has 1 saturated heterocycles. The number of morpholine rings is 1. The largest absolute Gasteiger partial charge is 0.379 e. The minimum atomic E-state index is 0.0357. The second-order valence-corrected chi connectivity index (χ2v) is 6.65. The number of aromatic nitrogens is 1. The zero-order valence-corrected chi connectivity index (χ0v) is 14.9. The Bertz CT molecular complexity index is 774. The quantitative estimate of drug-likeness (QED) is 0.892. The van der Waals surface area contributed by atoms with Gasteiger partial charge in [-0.1, -0.05) is 18.2 Å². The number of fused-ring (bicyclic) bond motifs is 1. The number of carbonyl (C=O) groups is 1. The van der Waals surface area contributed by atoms with Crippen molar-refractivity contribution >= 4 is 17.4 Å². The molecular weight excluding hydrogens is 328 g/mol. The highest BCUT2D eigenvalue weighted by Crippen LogP contribution is 2.29. The smallest absolute Gasteiger partial charge is 0.258 e. The lowest BCUT2D eigenvalue weighted by Gasteiger charge is -2.26. The number of benzene rings is 1. The van der Waals surface area contributed by atoms with E-state index in [4.69, 9.17) is 4.74 Å². The van der Waals surface area contributed by atoms with E-state index in [0.717, 1.165) is 63.9 Å². The molecule has 0 saturated carbocycles. The molecule has 0 radical (unpaired) electrons. The molecule has 2 aliphatic rings. The van der Waals surface area contributed by atoms with Crippen LogP contribution in [0.5, 0.6) is 0 Å². The number of ether oxygens (including phenoxy) is 1.